The zero-order chi connectivity index (χ0) is 28.7. The van der Waals surface area contributed by atoms with Crippen LogP contribution in [0.3, 0.4) is 0 Å². The van der Waals surface area contributed by atoms with E-state index in [9.17, 15) is 9.59 Å². The summed E-state index contributed by atoms with van der Waals surface area (Å²) < 4.78 is 17.2. The van der Waals surface area contributed by atoms with E-state index in [2.05, 4.69) is 74.4 Å². The molecule has 3 rings (SSSR count). The average Bonchev–Trinajstić information content (AvgIpc) is 3.09. The number of hydrogen-bond donors (Lipinski definition) is 0. The van der Waals surface area contributed by atoms with Crippen LogP contribution in [-0.4, -0.2) is 25.2 Å². The number of rotatable bonds is 7. The summed E-state index contributed by atoms with van der Waals surface area (Å²) in [5.74, 6) is 0.402. The topological polar surface area (TPSA) is 61.8 Å². The molecule has 1 aliphatic heterocycles. The second kappa shape index (κ2) is 10.4. The highest BCUT2D eigenvalue weighted by Gasteiger charge is 2.39. The Labute approximate surface area is 229 Å². The molecule has 0 aromatic heterocycles. The molecule has 208 valence electrons. The number of fused-ring (bicyclic) bond motifs is 1. The summed E-state index contributed by atoms with van der Waals surface area (Å²) >= 11 is 0. The van der Waals surface area contributed by atoms with Gasteiger partial charge in [0.1, 0.15) is 30.6 Å². The summed E-state index contributed by atoms with van der Waals surface area (Å²) in [5.41, 5.74) is 3.29. The first-order valence-corrected chi connectivity index (χ1v) is 13.6. The maximum absolute atomic E-state index is 13.1. The third kappa shape index (κ3) is 6.98. The Morgan fingerprint density at radius 2 is 1.45 bits per heavy atom. The molecule has 0 aliphatic carbocycles. The second-order valence-electron chi connectivity index (χ2n) is 14.5. The summed E-state index contributed by atoms with van der Waals surface area (Å²) in [4.78, 5) is 25.6. The number of benzene rings is 2. The molecule has 0 bridgehead atoms. The maximum atomic E-state index is 13.1. The van der Waals surface area contributed by atoms with Crippen molar-refractivity contribution in [3.05, 3.63) is 58.7 Å². The van der Waals surface area contributed by atoms with Gasteiger partial charge in [0.25, 0.3) is 0 Å². The van der Waals surface area contributed by atoms with Crippen LogP contribution in [0.4, 0.5) is 0 Å². The van der Waals surface area contributed by atoms with Gasteiger partial charge in [0.2, 0.25) is 0 Å². The van der Waals surface area contributed by atoms with Crippen LogP contribution in [0, 0.1) is 10.8 Å². The molecule has 0 fully saturated rings. The Bertz CT molecular complexity index is 1170. The van der Waals surface area contributed by atoms with Gasteiger partial charge < -0.3 is 14.2 Å². The predicted molar refractivity (Wildman–Crippen MR) is 152 cm³/mol. The van der Waals surface area contributed by atoms with Crippen molar-refractivity contribution in [2.45, 2.75) is 99.3 Å². The van der Waals surface area contributed by atoms with Gasteiger partial charge in [-0.3, -0.25) is 9.59 Å². The summed E-state index contributed by atoms with van der Waals surface area (Å²) in [6, 6.07) is 11.8. The zero-order valence-corrected chi connectivity index (χ0v) is 25.2. The molecule has 38 heavy (non-hydrogen) atoms. The molecule has 2 aromatic rings. The van der Waals surface area contributed by atoms with Gasteiger partial charge in [0.05, 0.1) is 5.41 Å². The fraction of sp³-hybridized carbons (Fsp3) is 0.576. The molecular formula is C33H46O5. The smallest absolute Gasteiger partial charge is 0.323 e. The van der Waals surface area contributed by atoms with E-state index >= 15 is 0 Å². The monoisotopic (exact) mass is 522 g/mol. The fourth-order valence-electron chi connectivity index (χ4n) is 5.22. The Morgan fingerprint density at radius 1 is 0.842 bits per heavy atom. The molecule has 5 nitrogen and oxygen atoms in total. The Morgan fingerprint density at radius 3 is 1.97 bits per heavy atom. The van der Waals surface area contributed by atoms with Crippen LogP contribution >= 0.6 is 0 Å². The van der Waals surface area contributed by atoms with Gasteiger partial charge in [-0.15, -0.1) is 0 Å². The van der Waals surface area contributed by atoms with Crippen LogP contribution in [0.25, 0.3) is 0 Å². The molecule has 0 saturated heterocycles. The first-order chi connectivity index (χ1) is 17.3. The molecule has 2 aromatic carbocycles. The summed E-state index contributed by atoms with van der Waals surface area (Å²) in [5, 5.41) is 0. The molecule has 1 unspecified atom stereocenters. The molecule has 0 N–H and O–H groups in total. The van der Waals surface area contributed by atoms with Gasteiger partial charge in [-0.25, -0.2) is 0 Å². The van der Waals surface area contributed by atoms with Crippen molar-refractivity contribution < 1.29 is 23.8 Å². The van der Waals surface area contributed by atoms with Crippen LogP contribution < -0.4 is 9.47 Å². The highest BCUT2D eigenvalue weighted by Crippen LogP contribution is 2.47. The average molecular weight is 523 g/mol. The Balaban J connectivity index is 1.72. The van der Waals surface area contributed by atoms with E-state index in [1.54, 1.807) is 0 Å². The van der Waals surface area contributed by atoms with E-state index in [0.717, 1.165) is 23.1 Å². The molecule has 1 heterocycles. The van der Waals surface area contributed by atoms with Gasteiger partial charge in [0, 0.05) is 11.1 Å². The van der Waals surface area contributed by atoms with Crippen LogP contribution in [0.15, 0.2) is 36.4 Å². The first kappa shape index (κ1) is 29.7. The lowest BCUT2D eigenvalue weighted by Crippen LogP contribution is -2.32. The lowest BCUT2D eigenvalue weighted by atomic mass is 9.76. The van der Waals surface area contributed by atoms with Crippen molar-refractivity contribution in [3.8, 4) is 11.5 Å². The van der Waals surface area contributed by atoms with Crippen LogP contribution in [0.2, 0.25) is 0 Å². The molecule has 1 atom stereocenters. The molecule has 1 aliphatic rings. The lowest BCUT2D eigenvalue weighted by Gasteiger charge is -2.30. The predicted octanol–water partition coefficient (Wildman–Crippen LogP) is 7.72. The van der Waals surface area contributed by atoms with Gasteiger partial charge in [-0.1, -0.05) is 86.6 Å². The van der Waals surface area contributed by atoms with Gasteiger partial charge in [0.15, 0.2) is 0 Å². The van der Waals surface area contributed by atoms with Crippen molar-refractivity contribution in [2.24, 2.45) is 10.8 Å². The Hall–Kier alpha value is -2.82. The molecule has 0 spiro atoms. The third-order valence-electron chi connectivity index (χ3n) is 6.86. The van der Waals surface area contributed by atoms with E-state index in [1.807, 2.05) is 38.1 Å². The van der Waals surface area contributed by atoms with E-state index < -0.39 is 11.3 Å². The van der Waals surface area contributed by atoms with Gasteiger partial charge in [-0.2, -0.15) is 0 Å². The van der Waals surface area contributed by atoms with Gasteiger partial charge >= 0.3 is 11.9 Å². The molecular weight excluding hydrogens is 476 g/mol. The minimum Gasteiger partial charge on any atom is -0.490 e. The molecule has 5 heteroatoms. The van der Waals surface area contributed by atoms with Crippen LogP contribution in [0.5, 0.6) is 11.5 Å². The minimum atomic E-state index is -0.550. The molecule has 0 saturated carbocycles. The van der Waals surface area contributed by atoms with E-state index in [1.165, 1.54) is 5.56 Å². The van der Waals surface area contributed by atoms with Crippen molar-refractivity contribution in [1.82, 2.24) is 0 Å². The van der Waals surface area contributed by atoms with Crippen molar-refractivity contribution in [2.75, 3.05) is 13.2 Å². The third-order valence-corrected chi connectivity index (χ3v) is 6.86. The fourth-order valence-corrected chi connectivity index (χ4v) is 5.22. The number of carbonyl (C=O) groups excluding carboxylic acids is 2. The lowest BCUT2D eigenvalue weighted by molar-refractivity contribution is -0.156. The number of carbonyl (C=O) groups is 2. The first-order valence-electron chi connectivity index (χ1n) is 13.6. The highest BCUT2D eigenvalue weighted by molar-refractivity contribution is 5.90. The van der Waals surface area contributed by atoms with E-state index in [0.29, 0.717) is 11.5 Å². The van der Waals surface area contributed by atoms with Crippen LogP contribution in [-0.2, 0) is 25.2 Å². The maximum Gasteiger partial charge on any atom is 0.323 e. The summed E-state index contributed by atoms with van der Waals surface area (Å²) in [6.45, 7) is 23.6. The summed E-state index contributed by atoms with van der Waals surface area (Å²) in [7, 11) is 0. The molecule has 0 amide bonds. The van der Waals surface area contributed by atoms with E-state index in [4.69, 9.17) is 14.2 Å². The number of esters is 2. The minimum absolute atomic E-state index is 0.0373. The Kier molecular flexibility index (Phi) is 8.13. The quantitative estimate of drug-likeness (QED) is 0.212. The number of hydrogen-bond acceptors (Lipinski definition) is 5. The normalized spacial score (nSPS) is 16.2. The second-order valence-corrected chi connectivity index (χ2v) is 14.5. The molecule has 0 radical (unpaired) electrons. The summed E-state index contributed by atoms with van der Waals surface area (Å²) in [6.07, 6.45) is 0.738. The SMILES string of the molecule is CC(C)(C)CC(C)(C)C(=O)OCCOc1ccc(C2C(=O)Oc3c2cc(C(C)(C)C)cc3C(C)(C)C)cc1. The van der Waals surface area contributed by atoms with Crippen molar-refractivity contribution in [3.63, 3.8) is 0 Å². The highest BCUT2D eigenvalue weighted by atomic mass is 16.6. The number of ether oxygens (including phenoxy) is 3. The zero-order valence-electron chi connectivity index (χ0n) is 25.2. The van der Waals surface area contributed by atoms with Gasteiger partial charge in [-0.05, 0) is 59.8 Å². The van der Waals surface area contributed by atoms with E-state index in [-0.39, 0.29) is 41.4 Å². The van der Waals surface area contributed by atoms with Crippen molar-refractivity contribution >= 4 is 11.9 Å². The largest absolute Gasteiger partial charge is 0.490 e. The van der Waals surface area contributed by atoms with Crippen molar-refractivity contribution in [1.29, 1.82) is 0 Å². The standard InChI is InChI=1S/C33H46O5/c1-30(2,3)20-33(10,11)29(35)37-17-16-36-23-14-12-21(13-15-23)26-24-18-22(31(4,5)6)19-25(32(7,8)9)27(24)38-28(26)34/h12-15,18-19,26H,16-17,20H2,1-11H3. The van der Waals surface area contributed by atoms with Crippen LogP contribution in [0.1, 0.15) is 111 Å².